The van der Waals surface area contributed by atoms with Gasteiger partial charge in [-0.3, -0.25) is 14.4 Å². The zero-order valence-corrected chi connectivity index (χ0v) is 52.0. The molecule has 0 saturated heterocycles. The van der Waals surface area contributed by atoms with Gasteiger partial charge in [0.2, 0.25) is 0 Å². The van der Waals surface area contributed by atoms with Gasteiger partial charge < -0.3 is 14.2 Å². The normalized spacial score (nSPS) is 13.0. The van der Waals surface area contributed by atoms with Gasteiger partial charge in [-0.25, -0.2) is 0 Å². The molecule has 0 rings (SSSR count). The molecule has 0 aromatic heterocycles. The van der Waals surface area contributed by atoms with Crippen molar-refractivity contribution in [2.45, 2.75) is 303 Å². The Bertz CT molecular complexity index is 1700. The molecule has 0 heterocycles. The highest BCUT2D eigenvalue weighted by atomic mass is 16.6. The van der Waals surface area contributed by atoms with Crippen LogP contribution >= 0.6 is 0 Å². The lowest BCUT2D eigenvalue weighted by Crippen LogP contribution is -2.30. The SMILES string of the molecule is CC/C=C\C/C=C\C/C=C\C/C=C\C/C=C\C/C=C\C/C=C\CCCCCCCCCC(=O)OCC(COC(=O)CC/C=C\C/C=C\C/C=C\C/C=C\CC)OC(=O)CCCCCCCCCCCCCCCCCCCCCC. The fourth-order valence-electron chi connectivity index (χ4n) is 9.03. The first kappa shape index (κ1) is 75.5. The molecule has 1 atom stereocenters. The zero-order valence-electron chi connectivity index (χ0n) is 52.0. The summed E-state index contributed by atoms with van der Waals surface area (Å²) in [6.07, 6.45) is 94.8. The van der Waals surface area contributed by atoms with Crippen molar-refractivity contribution in [3.8, 4) is 0 Å². The maximum absolute atomic E-state index is 12.9. The first-order valence-electron chi connectivity index (χ1n) is 33.2. The minimum Gasteiger partial charge on any atom is -0.462 e. The van der Waals surface area contributed by atoms with E-state index in [1.54, 1.807) is 0 Å². The average Bonchev–Trinajstić information content (AvgIpc) is 3.46. The number of carbonyl (C=O) groups excluding carboxylic acids is 3. The van der Waals surface area contributed by atoms with Crippen molar-refractivity contribution in [3.63, 3.8) is 0 Å². The summed E-state index contributed by atoms with van der Waals surface area (Å²) in [5.41, 5.74) is 0. The Labute approximate surface area is 494 Å². The maximum atomic E-state index is 12.9. The molecule has 0 spiro atoms. The van der Waals surface area contributed by atoms with E-state index < -0.39 is 6.10 Å². The van der Waals surface area contributed by atoms with E-state index in [9.17, 15) is 14.4 Å². The number of esters is 3. The van der Waals surface area contributed by atoms with Gasteiger partial charge in [0.25, 0.3) is 0 Å². The molecule has 6 nitrogen and oxygen atoms in total. The number of hydrogen-bond acceptors (Lipinski definition) is 6. The second-order valence-electron chi connectivity index (χ2n) is 21.6. The first-order chi connectivity index (χ1) is 39.5. The minimum atomic E-state index is -0.815. The monoisotopic (exact) mass is 1110 g/mol. The van der Waals surface area contributed by atoms with Gasteiger partial charge in [0.05, 0.1) is 0 Å². The molecule has 80 heavy (non-hydrogen) atoms. The molecule has 6 heteroatoms. The summed E-state index contributed by atoms with van der Waals surface area (Å²) in [6, 6.07) is 0. The van der Waals surface area contributed by atoms with Crippen LogP contribution in [-0.4, -0.2) is 37.2 Å². The van der Waals surface area contributed by atoms with Crippen molar-refractivity contribution in [1.82, 2.24) is 0 Å². The van der Waals surface area contributed by atoms with Crippen molar-refractivity contribution < 1.29 is 28.6 Å². The van der Waals surface area contributed by atoms with Crippen molar-refractivity contribution in [2.75, 3.05) is 13.2 Å². The molecule has 0 N–H and O–H groups in total. The van der Waals surface area contributed by atoms with Crippen LogP contribution in [0.15, 0.2) is 134 Å². The van der Waals surface area contributed by atoms with Gasteiger partial charge in [-0.1, -0.05) is 309 Å². The number of hydrogen-bond donors (Lipinski definition) is 0. The Morgan fingerprint density at radius 2 is 0.512 bits per heavy atom. The first-order valence-corrected chi connectivity index (χ1v) is 33.2. The van der Waals surface area contributed by atoms with Crippen molar-refractivity contribution in [3.05, 3.63) is 134 Å². The average molecular weight is 1110 g/mol. The number of ether oxygens (including phenoxy) is 3. The Morgan fingerprint density at radius 3 is 0.838 bits per heavy atom. The molecule has 0 saturated carbocycles. The maximum Gasteiger partial charge on any atom is 0.306 e. The standard InChI is InChI=1S/C74H122O6/c1-4-7-10-13-16-19-22-25-27-29-31-33-34-35-36-37-38-39-40-41-43-44-46-49-52-55-58-61-64-67-73(76)79-70-71(69-78-72(75)66-63-60-57-54-51-48-24-21-18-15-12-9-6-3)80-74(77)68-65-62-59-56-53-50-47-45-42-32-30-28-26-23-20-17-14-11-8-5-2/h7,9-10,12,16,18-19,21,25,27,31,33,35-36,38-39,41,43,48,51,57,60,71H,4-6,8,11,13-15,17,20,22-24,26,28-30,32,34,37,40,42,44-47,49-50,52-56,58-59,61-70H2,1-3H3/b10-7-,12-9-,19-16-,21-18-,27-25-,33-31-,36-35-,39-38-,43-41-,51-48-,60-57-. The van der Waals surface area contributed by atoms with Crippen LogP contribution in [0.4, 0.5) is 0 Å². The zero-order chi connectivity index (χ0) is 57.8. The van der Waals surface area contributed by atoms with Gasteiger partial charge in [0.15, 0.2) is 6.10 Å². The van der Waals surface area contributed by atoms with Crippen LogP contribution in [0.2, 0.25) is 0 Å². The van der Waals surface area contributed by atoms with Gasteiger partial charge >= 0.3 is 17.9 Å². The van der Waals surface area contributed by atoms with Gasteiger partial charge in [-0.05, 0) is 103 Å². The highest BCUT2D eigenvalue weighted by Gasteiger charge is 2.19. The number of allylic oxidation sites excluding steroid dienone is 22. The summed E-state index contributed by atoms with van der Waals surface area (Å²) in [5, 5.41) is 0. The fourth-order valence-corrected chi connectivity index (χ4v) is 9.03. The van der Waals surface area contributed by atoms with Crippen LogP contribution in [0, 0.1) is 0 Å². The quantitative estimate of drug-likeness (QED) is 0.0261. The summed E-state index contributed by atoms with van der Waals surface area (Å²) < 4.78 is 16.9. The highest BCUT2D eigenvalue weighted by molar-refractivity contribution is 5.71. The third-order valence-electron chi connectivity index (χ3n) is 13.9. The predicted molar refractivity (Wildman–Crippen MR) is 348 cm³/mol. The Balaban J connectivity index is 4.37. The van der Waals surface area contributed by atoms with E-state index in [1.807, 2.05) is 6.08 Å². The molecule has 1 unspecified atom stereocenters. The smallest absolute Gasteiger partial charge is 0.306 e. The second-order valence-corrected chi connectivity index (χ2v) is 21.6. The van der Waals surface area contributed by atoms with E-state index in [0.717, 1.165) is 116 Å². The van der Waals surface area contributed by atoms with Gasteiger partial charge in [0.1, 0.15) is 13.2 Å². The summed E-state index contributed by atoms with van der Waals surface area (Å²) in [4.78, 5) is 38.3. The van der Waals surface area contributed by atoms with E-state index in [4.69, 9.17) is 14.2 Å². The number of unbranched alkanes of at least 4 members (excludes halogenated alkanes) is 26. The highest BCUT2D eigenvalue weighted by Crippen LogP contribution is 2.17. The summed E-state index contributed by atoms with van der Waals surface area (Å²) in [7, 11) is 0. The lowest BCUT2D eigenvalue weighted by Gasteiger charge is -2.18. The summed E-state index contributed by atoms with van der Waals surface area (Å²) in [6.45, 7) is 6.36. The number of rotatable bonds is 59. The summed E-state index contributed by atoms with van der Waals surface area (Å²) >= 11 is 0. The van der Waals surface area contributed by atoms with Gasteiger partial charge in [-0.15, -0.1) is 0 Å². The lowest BCUT2D eigenvalue weighted by molar-refractivity contribution is -0.166. The molecular formula is C74H122O6. The van der Waals surface area contributed by atoms with Crippen LogP contribution in [0.25, 0.3) is 0 Å². The van der Waals surface area contributed by atoms with Crippen LogP contribution in [0.3, 0.4) is 0 Å². The third-order valence-corrected chi connectivity index (χ3v) is 13.9. The van der Waals surface area contributed by atoms with Crippen LogP contribution in [-0.2, 0) is 28.6 Å². The molecule has 0 aliphatic rings. The van der Waals surface area contributed by atoms with Crippen LogP contribution in [0.1, 0.15) is 297 Å². The molecule has 0 aromatic rings. The van der Waals surface area contributed by atoms with Crippen molar-refractivity contribution in [2.24, 2.45) is 0 Å². The predicted octanol–water partition coefficient (Wildman–Crippen LogP) is 22.9. The van der Waals surface area contributed by atoms with E-state index in [2.05, 4.69) is 148 Å². The topological polar surface area (TPSA) is 78.9 Å². The molecule has 0 aliphatic carbocycles. The van der Waals surface area contributed by atoms with Crippen LogP contribution < -0.4 is 0 Å². The van der Waals surface area contributed by atoms with E-state index >= 15 is 0 Å². The minimum absolute atomic E-state index is 0.107. The van der Waals surface area contributed by atoms with Gasteiger partial charge in [-0.2, -0.15) is 0 Å². The molecule has 0 amide bonds. The molecule has 454 valence electrons. The Kier molecular flexibility index (Phi) is 63.3. The largest absolute Gasteiger partial charge is 0.462 e. The third kappa shape index (κ3) is 64.4. The summed E-state index contributed by atoms with van der Waals surface area (Å²) in [5.74, 6) is -0.995. The fraction of sp³-hybridized carbons (Fsp3) is 0.662. The lowest BCUT2D eigenvalue weighted by atomic mass is 10.0. The molecule has 0 aliphatic heterocycles. The molecule has 0 aromatic carbocycles. The van der Waals surface area contributed by atoms with E-state index in [1.165, 1.54) is 135 Å². The van der Waals surface area contributed by atoms with E-state index in [0.29, 0.717) is 19.3 Å². The number of carbonyl (C=O) groups is 3. The molecular weight excluding hydrogens is 985 g/mol. The molecule has 0 radical (unpaired) electrons. The van der Waals surface area contributed by atoms with Crippen molar-refractivity contribution >= 4 is 17.9 Å². The Hall–Kier alpha value is -4.45. The van der Waals surface area contributed by atoms with E-state index in [-0.39, 0.29) is 37.5 Å². The molecule has 0 fully saturated rings. The second kappa shape index (κ2) is 67.1. The van der Waals surface area contributed by atoms with Gasteiger partial charge in [0, 0.05) is 19.3 Å². The Morgan fingerprint density at radius 1 is 0.263 bits per heavy atom. The van der Waals surface area contributed by atoms with Crippen LogP contribution in [0.5, 0.6) is 0 Å². The van der Waals surface area contributed by atoms with Crippen molar-refractivity contribution in [1.29, 1.82) is 0 Å². The molecule has 0 bridgehead atoms.